The molecule has 1 aliphatic rings. The lowest BCUT2D eigenvalue weighted by Crippen LogP contribution is -2.23. The van der Waals surface area contributed by atoms with Gasteiger partial charge in [-0.1, -0.05) is 23.2 Å². The predicted octanol–water partition coefficient (Wildman–Crippen LogP) is 6.19. The fourth-order valence-corrected chi connectivity index (χ4v) is 4.39. The highest BCUT2D eigenvalue weighted by Gasteiger charge is 2.31. The molecule has 10 heteroatoms. The number of carboxylic acids is 1. The molecule has 0 atom stereocenters. The number of methoxy groups -OCH3 is 1. The zero-order valence-corrected chi connectivity index (χ0v) is 19.7. The summed E-state index contributed by atoms with van der Waals surface area (Å²) in [4.78, 5) is 30.5. The van der Waals surface area contributed by atoms with Crippen molar-refractivity contribution >= 4 is 63.8 Å². The van der Waals surface area contributed by atoms with E-state index in [4.69, 9.17) is 32.4 Å². The molecule has 33 heavy (non-hydrogen) atoms. The molecule has 1 saturated heterocycles. The van der Waals surface area contributed by atoms with Crippen molar-refractivity contribution in [3.63, 3.8) is 0 Å². The molecule has 7 nitrogen and oxygen atoms in total. The number of likely N-dealkylation sites (N-methyl/N-ethyl adjacent to an activating group) is 1. The Bertz CT molecular complexity index is 1330. The van der Waals surface area contributed by atoms with Crippen molar-refractivity contribution in [3.05, 3.63) is 74.8 Å². The summed E-state index contributed by atoms with van der Waals surface area (Å²) in [5.74, 6) is 0.0439. The van der Waals surface area contributed by atoms with Crippen LogP contribution in [-0.2, 0) is 4.79 Å². The summed E-state index contributed by atoms with van der Waals surface area (Å²) >= 11 is 13.2. The minimum atomic E-state index is -1.13. The van der Waals surface area contributed by atoms with Crippen LogP contribution in [0.3, 0.4) is 0 Å². The number of ether oxygens (including phenoxy) is 1. The van der Waals surface area contributed by atoms with E-state index in [1.165, 1.54) is 35.9 Å². The Balaban J connectivity index is 1.62. The largest absolute Gasteiger partial charge is 0.494 e. The maximum absolute atomic E-state index is 12.7. The van der Waals surface area contributed by atoms with Crippen LogP contribution in [0.5, 0.6) is 5.75 Å². The second-order valence-electron chi connectivity index (χ2n) is 6.89. The second-order valence-corrected chi connectivity index (χ2v) is 8.74. The van der Waals surface area contributed by atoms with E-state index in [2.05, 4.69) is 4.99 Å². The third kappa shape index (κ3) is 4.78. The number of hydrogen-bond acceptors (Lipinski definition) is 6. The molecule has 1 N–H and O–H groups in total. The van der Waals surface area contributed by atoms with E-state index in [1.54, 1.807) is 49.5 Å². The van der Waals surface area contributed by atoms with Crippen molar-refractivity contribution in [3.8, 4) is 17.1 Å². The first-order valence-corrected chi connectivity index (χ1v) is 11.1. The summed E-state index contributed by atoms with van der Waals surface area (Å²) in [7, 11) is 3.16. The standard InChI is InChI=1S/C23H16Cl2N2O5S/c1-27-21(28)20(33-23(27)26-17-10-13(24)4-7-19(17)31-2)11-14-5-8-18(32-14)12-3-6-16(25)15(9-12)22(29)30/h3-11H,1-2H3,(H,29,30)/b20-11+,26-23?. The fraction of sp³-hybridized carbons (Fsp3) is 0.0870. The van der Waals surface area contributed by atoms with Gasteiger partial charge < -0.3 is 14.3 Å². The van der Waals surface area contributed by atoms with Gasteiger partial charge in [0, 0.05) is 23.7 Å². The van der Waals surface area contributed by atoms with Gasteiger partial charge >= 0.3 is 5.97 Å². The number of thioether (sulfide) groups is 1. The Hall–Kier alpha value is -3.20. The number of amidine groups is 1. The van der Waals surface area contributed by atoms with Gasteiger partial charge in [0.25, 0.3) is 5.91 Å². The average molecular weight is 503 g/mol. The maximum Gasteiger partial charge on any atom is 0.337 e. The number of carbonyl (C=O) groups is 2. The highest BCUT2D eigenvalue weighted by atomic mass is 35.5. The van der Waals surface area contributed by atoms with E-state index in [-0.39, 0.29) is 16.5 Å². The molecule has 4 rings (SSSR count). The fourth-order valence-electron chi connectivity index (χ4n) is 3.06. The van der Waals surface area contributed by atoms with E-state index in [0.29, 0.717) is 43.6 Å². The van der Waals surface area contributed by atoms with Crippen LogP contribution >= 0.6 is 35.0 Å². The van der Waals surface area contributed by atoms with E-state index in [0.717, 1.165) is 0 Å². The van der Waals surface area contributed by atoms with Crippen molar-refractivity contribution in [1.29, 1.82) is 0 Å². The SMILES string of the molecule is COc1ccc(Cl)cc1N=C1S/C(=C/c2ccc(-c3ccc(Cl)c(C(=O)O)c3)o2)C(=O)N1C. The van der Waals surface area contributed by atoms with E-state index < -0.39 is 5.97 Å². The van der Waals surface area contributed by atoms with Crippen molar-refractivity contribution in [2.24, 2.45) is 4.99 Å². The molecule has 168 valence electrons. The number of carboxylic acid groups (broad SMARTS) is 1. The number of aliphatic imine (C=N–C) groups is 1. The number of aromatic carboxylic acids is 1. The minimum absolute atomic E-state index is 0.0223. The lowest BCUT2D eigenvalue weighted by atomic mass is 10.1. The van der Waals surface area contributed by atoms with Crippen molar-refractivity contribution < 1.29 is 23.8 Å². The number of benzene rings is 2. The molecule has 1 aromatic heterocycles. The van der Waals surface area contributed by atoms with Crippen LogP contribution < -0.4 is 4.74 Å². The summed E-state index contributed by atoms with van der Waals surface area (Å²) < 4.78 is 11.1. The lowest BCUT2D eigenvalue weighted by Gasteiger charge is -2.09. The number of nitrogens with zero attached hydrogens (tertiary/aromatic N) is 2. The monoisotopic (exact) mass is 502 g/mol. The smallest absolute Gasteiger partial charge is 0.337 e. The topological polar surface area (TPSA) is 92.3 Å². The number of halogens is 2. The third-order valence-corrected chi connectivity index (χ3v) is 6.37. The number of furan rings is 1. The number of carbonyl (C=O) groups excluding carboxylic acids is 1. The molecular weight excluding hydrogens is 487 g/mol. The number of amides is 1. The molecule has 0 spiro atoms. The zero-order chi connectivity index (χ0) is 23.7. The maximum atomic E-state index is 12.7. The molecule has 1 fully saturated rings. The number of rotatable bonds is 5. The van der Waals surface area contributed by atoms with E-state index in [9.17, 15) is 14.7 Å². The van der Waals surface area contributed by atoms with Crippen LogP contribution in [0.2, 0.25) is 10.0 Å². The first-order valence-electron chi connectivity index (χ1n) is 9.49. The molecule has 0 bridgehead atoms. The first kappa shape index (κ1) is 23.0. The van der Waals surface area contributed by atoms with E-state index >= 15 is 0 Å². The van der Waals surface area contributed by atoms with Crippen LogP contribution in [0.15, 0.2) is 62.8 Å². The number of hydrogen-bond donors (Lipinski definition) is 1. The average Bonchev–Trinajstić information content (AvgIpc) is 3.35. The molecule has 0 saturated carbocycles. The highest BCUT2D eigenvalue weighted by Crippen LogP contribution is 2.37. The van der Waals surface area contributed by atoms with Crippen molar-refractivity contribution in [2.45, 2.75) is 0 Å². The van der Waals surface area contributed by atoms with Crippen molar-refractivity contribution in [1.82, 2.24) is 4.90 Å². The van der Waals surface area contributed by atoms with Gasteiger partial charge in [-0.05, 0) is 60.3 Å². The van der Waals surface area contributed by atoms with Crippen LogP contribution in [0.4, 0.5) is 5.69 Å². The molecule has 3 aromatic rings. The molecule has 1 aliphatic heterocycles. The predicted molar refractivity (Wildman–Crippen MR) is 130 cm³/mol. The van der Waals surface area contributed by atoms with Crippen LogP contribution in [-0.4, -0.2) is 41.2 Å². The highest BCUT2D eigenvalue weighted by molar-refractivity contribution is 8.18. The summed E-state index contributed by atoms with van der Waals surface area (Å²) in [6.45, 7) is 0. The normalized spacial score (nSPS) is 16.1. The molecule has 2 aromatic carbocycles. The Kier molecular flexibility index (Phi) is 6.51. The van der Waals surface area contributed by atoms with Gasteiger partial charge in [0.2, 0.25) is 0 Å². The Morgan fingerprint density at radius 2 is 1.97 bits per heavy atom. The molecule has 0 radical (unpaired) electrons. The summed E-state index contributed by atoms with van der Waals surface area (Å²) in [5.41, 5.74) is 1.04. The minimum Gasteiger partial charge on any atom is -0.494 e. The third-order valence-electron chi connectivity index (χ3n) is 4.74. The summed E-state index contributed by atoms with van der Waals surface area (Å²) in [5, 5.41) is 10.4. The first-order chi connectivity index (χ1) is 15.8. The van der Waals surface area contributed by atoms with Gasteiger partial charge in [-0.25, -0.2) is 9.79 Å². The van der Waals surface area contributed by atoms with E-state index in [1.807, 2.05) is 0 Å². The van der Waals surface area contributed by atoms with Gasteiger partial charge in [-0.3, -0.25) is 9.69 Å². The quantitative estimate of drug-likeness (QED) is 0.417. The Morgan fingerprint density at radius 3 is 2.70 bits per heavy atom. The zero-order valence-electron chi connectivity index (χ0n) is 17.3. The Morgan fingerprint density at radius 1 is 1.18 bits per heavy atom. The molecular formula is C23H16Cl2N2O5S. The lowest BCUT2D eigenvalue weighted by molar-refractivity contribution is -0.121. The molecule has 0 aliphatic carbocycles. The summed E-state index contributed by atoms with van der Waals surface area (Å²) in [6, 6.07) is 13.0. The molecule has 2 heterocycles. The van der Waals surface area contributed by atoms with Crippen LogP contribution in [0, 0.1) is 0 Å². The molecule has 0 unspecified atom stereocenters. The van der Waals surface area contributed by atoms with Gasteiger partial charge in [0.15, 0.2) is 5.17 Å². The molecule has 1 amide bonds. The van der Waals surface area contributed by atoms with Gasteiger partial charge in [0.1, 0.15) is 23.0 Å². The van der Waals surface area contributed by atoms with Gasteiger partial charge in [0.05, 0.1) is 22.6 Å². The van der Waals surface area contributed by atoms with Gasteiger partial charge in [-0.15, -0.1) is 0 Å². The van der Waals surface area contributed by atoms with Crippen LogP contribution in [0.25, 0.3) is 17.4 Å². The Labute approximate surface area is 203 Å². The van der Waals surface area contributed by atoms with Crippen LogP contribution in [0.1, 0.15) is 16.1 Å². The second kappa shape index (κ2) is 9.35. The van der Waals surface area contributed by atoms with Crippen molar-refractivity contribution in [2.75, 3.05) is 14.2 Å². The summed E-state index contributed by atoms with van der Waals surface area (Å²) in [6.07, 6.45) is 1.61. The van der Waals surface area contributed by atoms with Gasteiger partial charge in [-0.2, -0.15) is 0 Å².